The quantitative estimate of drug-likeness (QED) is 0.745. The van der Waals surface area contributed by atoms with Crippen LogP contribution in [-0.2, 0) is 4.74 Å². The van der Waals surface area contributed by atoms with Gasteiger partial charge in [0.05, 0.1) is 23.5 Å². The number of halogens is 1. The molecule has 0 spiro atoms. The standard InChI is InChI=1S/C14H15IN2O4/c15-8-1-4-12(11(5-8)13(18)19)16-14(20)17-6-9-2-3-10(7-17)21-9/h1,4-5,9-10H,2-3,6-7H2,(H,16,20)(H,18,19). The van der Waals surface area contributed by atoms with Gasteiger partial charge in [0.1, 0.15) is 0 Å². The fraction of sp³-hybridized carbons (Fsp3) is 0.429. The Bertz CT molecular complexity index is 580. The number of ether oxygens (including phenoxy) is 1. The zero-order valence-electron chi connectivity index (χ0n) is 11.2. The lowest BCUT2D eigenvalue weighted by Gasteiger charge is -2.32. The number of carbonyl (C=O) groups excluding carboxylic acids is 1. The molecule has 2 fully saturated rings. The van der Waals surface area contributed by atoms with Crippen molar-refractivity contribution >= 4 is 40.3 Å². The van der Waals surface area contributed by atoms with Crippen LogP contribution in [0, 0.1) is 3.57 Å². The first-order chi connectivity index (χ1) is 10.0. The third-order valence-corrected chi connectivity index (χ3v) is 4.46. The van der Waals surface area contributed by atoms with Crippen molar-refractivity contribution in [2.24, 2.45) is 0 Å². The summed E-state index contributed by atoms with van der Waals surface area (Å²) in [5.74, 6) is -1.05. The molecule has 2 atom stereocenters. The summed E-state index contributed by atoms with van der Waals surface area (Å²) >= 11 is 2.04. The van der Waals surface area contributed by atoms with Crippen molar-refractivity contribution in [1.29, 1.82) is 0 Å². The lowest BCUT2D eigenvalue weighted by molar-refractivity contribution is -0.0219. The van der Waals surface area contributed by atoms with Crippen molar-refractivity contribution in [2.45, 2.75) is 25.0 Å². The van der Waals surface area contributed by atoms with Crippen molar-refractivity contribution in [3.8, 4) is 0 Å². The number of nitrogens with one attached hydrogen (secondary N) is 1. The number of benzene rings is 1. The van der Waals surface area contributed by atoms with Gasteiger partial charge in [0.15, 0.2) is 0 Å². The van der Waals surface area contributed by atoms with Crippen LogP contribution in [-0.4, -0.2) is 47.3 Å². The maximum atomic E-state index is 12.3. The minimum Gasteiger partial charge on any atom is -0.478 e. The average molecular weight is 402 g/mol. The third kappa shape index (κ3) is 3.13. The number of morpholine rings is 1. The molecular formula is C14H15IN2O4. The fourth-order valence-corrected chi connectivity index (χ4v) is 3.27. The highest BCUT2D eigenvalue weighted by atomic mass is 127. The smallest absolute Gasteiger partial charge is 0.337 e. The van der Waals surface area contributed by atoms with E-state index in [1.165, 1.54) is 0 Å². The molecule has 0 saturated carbocycles. The van der Waals surface area contributed by atoms with Crippen molar-refractivity contribution < 1.29 is 19.4 Å². The van der Waals surface area contributed by atoms with Crippen LogP contribution in [0.15, 0.2) is 18.2 Å². The van der Waals surface area contributed by atoms with Crippen LogP contribution in [0.2, 0.25) is 0 Å². The first-order valence-electron chi connectivity index (χ1n) is 6.77. The Kier molecular flexibility index (Phi) is 4.03. The Labute approximate surface area is 135 Å². The maximum Gasteiger partial charge on any atom is 0.337 e. The molecular weight excluding hydrogens is 387 g/mol. The monoisotopic (exact) mass is 402 g/mol. The largest absolute Gasteiger partial charge is 0.478 e. The van der Waals surface area contributed by atoms with Gasteiger partial charge in [0.2, 0.25) is 0 Å². The normalized spacial score (nSPS) is 24.0. The molecule has 0 aliphatic carbocycles. The first-order valence-corrected chi connectivity index (χ1v) is 7.85. The van der Waals surface area contributed by atoms with Gasteiger partial charge in [-0.2, -0.15) is 0 Å². The van der Waals surface area contributed by atoms with E-state index in [9.17, 15) is 14.7 Å². The molecule has 2 aliphatic heterocycles. The van der Waals surface area contributed by atoms with Crippen LogP contribution in [0.1, 0.15) is 23.2 Å². The molecule has 6 nitrogen and oxygen atoms in total. The Morgan fingerprint density at radius 2 is 1.95 bits per heavy atom. The van der Waals surface area contributed by atoms with Crippen molar-refractivity contribution in [2.75, 3.05) is 18.4 Å². The van der Waals surface area contributed by atoms with Crippen LogP contribution in [0.3, 0.4) is 0 Å². The second-order valence-electron chi connectivity index (χ2n) is 5.29. The highest BCUT2D eigenvalue weighted by molar-refractivity contribution is 14.1. The molecule has 2 unspecified atom stereocenters. The van der Waals surface area contributed by atoms with E-state index in [-0.39, 0.29) is 23.8 Å². The summed E-state index contributed by atoms with van der Waals surface area (Å²) < 4.78 is 6.50. The number of hydrogen-bond acceptors (Lipinski definition) is 3. The van der Waals surface area contributed by atoms with E-state index in [0.717, 1.165) is 16.4 Å². The molecule has 2 bridgehead atoms. The highest BCUT2D eigenvalue weighted by Crippen LogP contribution is 2.27. The summed E-state index contributed by atoms with van der Waals surface area (Å²) in [5.41, 5.74) is 0.429. The van der Waals surface area contributed by atoms with Crippen LogP contribution in [0.25, 0.3) is 0 Å². The van der Waals surface area contributed by atoms with Crippen LogP contribution < -0.4 is 5.32 Å². The second-order valence-corrected chi connectivity index (χ2v) is 6.53. The molecule has 7 heteroatoms. The Morgan fingerprint density at radius 3 is 2.57 bits per heavy atom. The molecule has 112 valence electrons. The van der Waals surface area contributed by atoms with Crippen molar-refractivity contribution in [3.63, 3.8) is 0 Å². The molecule has 2 N–H and O–H groups in total. The van der Waals surface area contributed by atoms with Crippen LogP contribution in [0.4, 0.5) is 10.5 Å². The SMILES string of the molecule is O=C(O)c1cc(I)ccc1NC(=O)N1CC2CCC(C1)O2. The molecule has 2 amide bonds. The lowest BCUT2D eigenvalue weighted by Crippen LogP contribution is -2.47. The number of likely N-dealkylation sites (tertiary alicyclic amines) is 1. The molecule has 0 radical (unpaired) electrons. The summed E-state index contributed by atoms with van der Waals surface area (Å²) in [6, 6.07) is 4.67. The van der Waals surface area contributed by atoms with Gasteiger partial charge >= 0.3 is 12.0 Å². The minimum absolute atomic E-state index is 0.103. The average Bonchev–Trinajstić information content (AvgIpc) is 2.79. The topological polar surface area (TPSA) is 78.9 Å². The molecule has 1 aromatic rings. The Hall–Kier alpha value is -1.35. The third-order valence-electron chi connectivity index (χ3n) is 3.78. The number of nitrogens with zero attached hydrogens (tertiary/aromatic N) is 1. The zero-order valence-corrected chi connectivity index (χ0v) is 13.4. The van der Waals surface area contributed by atoms with E-state index in [1.54, 1.807) is 23.1 Å². The van der Waals surface area contributed by atoms with Gasteiger partial charge in [-0.15, -0.1) is 0 Å². The van der Waals surface area contributed by atoms with Gasteiger partial charge in [-0.3, -0.25) is 0 Å². The summed E-state index contributed by atoms with van der Waals surface area (Å²) in [6.07, 6.45) is 2.20. The number of urea groups is 1. The van der Waals surface area contributed by atoms with Crippen LogP contribution >= 0.6 is 22.6 Å². The molecule has 2 saturated heterocycles. The second kappa shape index (κ2) is 5.80. The number of carboxylic acid groups (broad SMARTS) is 1. The molecule has 2 heterocycles. The van der Waals surface area contributed by atoms with Crippen molar-refractivity contribution in [3.05, 3.63) is 27.3 Å². The highest BCUT2D eigenvalue weighted by Gasteiger charge is 2.35. The van der Waals surface area contributed by atoms with Gasteiger partial charge < -0.3 is 20.1 Å². The number of fused-ring (bicyclic) bond motifs is 2. The number of carbonyl (C=O) groups is 2. The van der Waals surface area contributed by atoms with E-state index in [1.807, 2.05) is 22.6 Å². The van der Waals surface area contributed by atoms with E-state index in [0.29, 0.717) is 18.8 Å². The van der Waals surface area contributed by atoms with Gasteiger partial charge in [0.25, 0.3) is 0 Å². The number of carboxylic acids is 1. The van der Waals surface area contributed by atoms with Gasteiger partial charge in [0, 0.05) is 16.7 Å². The number of hydrogen-bond donors (Lipinski definition) is 2. The predicted octanol–water partition coefficient (Wildman–Crippen LogP) is 2.38. The van der Waals surface area contributed by atoms with Crippen LogP contribution in [0.5, 0.6) is 0 Å². The number of rotatable bonds is 2. The van der Waals surface area contributed by atoms with E-state index in [4.69, 9.17) is 4.74 Å². The summed E-state index contributed by atoms with van der Waals surface area (Å²) in [7, 11) is 0. The predicted molar refractivity (Wildman–Crippen MR) is 84.6 cm³/mol. The van der Waals surface area contributed by atoms with E-state index < -0.39 is 5.97 Å². The Morgan fingerprint density at radius 1 is 1.29 bits per heavy atom. The molecule has 2 aliphatic rings. The summed E-state index contributed by atoms with van der Waals surface area (Å²) in [6.45, 7) is 1.13. The van der Waals surface area contributed by atoms with Gasteiger partial charge in [-0.25, -0.2) is 9.59 Å². The number of amides is 2. The maximum absolute atomic E-state index is 12.3. The summed E-state index contributed by atoms with van der Waals surface area (Å²) in [5, 5.41) is 11.9. The number of aromatic carboxylic acids is 1. The fourth-order valence-electron chi connectivity index (χ4n) is 2.78. The molecule has 0 aromatic heterocycles. The first kappa shape index (κ1) is 14.6. The molecule has 1 aromatic carbocycles. The van der Waals surface area contributed by atoms with Crippen molar-refractivity contribution in [1.82, 2.24) is 4.90 Å². The Balaban J connectivity index is 1.74. The molecule has 3 rings (SSSR count). The molecule has 21 heavy (non-hydrogen) atoms. The van der Waals surface area contributed by atoms with E-state index >= 15 is 0 Å². The lowest BCUT2D eigenvalue weighted by atomic mass is 10.2. The van der Waals surface area contributed by atoms with Gasteiger partial charge in [-0.1, -0.05) is 0 Å². The minimum atomic E-state index is -1.05. The summed E-state index contributed by atoms with van der Waals surface area (Å²) in [4.78, 5) is 25.3. The number of anilines is 1. The van der Waals surface area contributed by atoms with Gasteiger partial charge in [-0.05, 0) is 53.6 Å². The zero-order chi connectivity index (χ0) is 15.0. The van der Waals surface area contributed by atoms with E-state index in [2.05, 4.69) is 5.32 Å².